The first-order valence-electron chi connectivity index (χ1n) is 9.49. The van der Waals surface area contributed by atoms with Crippen LogP contribution < -0.4 is 10.2 Å². The lowest BCUT2D eigenvalue weighted by atomic mass is 10.1. The molecule has 3 aromatic rings. The number of nitrogens with one attached hydrogen (secondary N) is 1. The molecular formula is C24H22N2O2S. The van der Waals surface area contributed by atoms with Crippen LogP contribution in [0.1, 0.15) is 32.4 Å². The van der Waals surface area contributed by atoms with Gasteiger partial charge in [0.1, 0.15) is 5.37 Å². The fourth-order valence-corrected chi connectivity index (χ4v) is 4.77. The van der Waals surface area contributed by atoms with Crippen LogP contribution >= 0.6 is 11.8 Å². The van der Waals surface area contributed by atoms with Crippen LogP contribution in [0.15, 0.2) is 72.8 Å². The number of rotatable bonds is 4. The molecule has 4 rings (SSSR count). The van der Waals surface area contributed by atoms with E-state index in [-0.39, 0.29) is 17.2 Å². The molecule has 0 aliphatic carbocycles. The van der Waals surface area contributed by atoms with Crippen molar-refractivity contribution in [3.05, 3.63) is 95.1 Å². The van der Waals surface area contributed by atoms with Crippen LogP contribution in [0.5, 0.6) is 0 Å². The van der Waals surface area contributed by atoms with Crippen molar-refractivity contribution >= 4 is 35.0 Å². The van der Waals surface area contributed by atoms with Gasteiger partial charge in [-0.2, -0.15) is 0 Å². The lowest BCUT2D eigenvalue weighted by molar-refractivity contribution is -0.115. The average molecular weight is 403 g/mol. The molecule has 1 saturated heterocycles. The second-order valence-electron chi connectivity index (χ2n) is 7.22. The number of nitrogens with zero attached hydrogens (tertiary/aromatic N) is 1. The fourth-order valence-electron chi connectivity index (χ4n) is 3.60. The largest absolute Gasteiger partial charge is 0.322 e. The highest BCUT2D eigenvalue weighted by Gasteiger charge is 2.34. The summed E-state index contributed by atoms with van der Waals surface area (Å²) in [6.07, 6.45) is 0. The summed E-state index contributed by atoms with van der Waals surface area (Å²) in [4.78, 5) is 27.0. The van der Waals surface area contributed by atoms with Crippen molar-refractivity contribution < 1.29 is 9.59 Å². The highest BCUT2D eigenvalue weighted by Crippen LogP contribution is 2.42. The van der Waals surface area contributed by atoms with E-state index in [0.717, 1.165) is 28.1 Å². The van der Waals surface area contributed by atoms with E-state index in [4.69, 9.17) is 0 Å². The summed E-state index contributed by atoms with van der Waals surface area (Å²) >= 11 is 1.61. The molecule has 1 N–H and O–H groups in total. The molecule has 5 heteroatoms. The normalized spacial score (nSPS) is 16.1. The van der Waals surface area contributed by atoms with Gasteiger partial charge in [0.05, 0.1) is 5.75 Å². The van der Waals surface area contributed by atoms with Crippen LogP contribution in [0.4, 0.5) is 11.4 Å². The molecule has 2 amide bonds. The number of aryl methyl sites for hydroxylation is 2. The van der Waals surface area contributed by atoms with Gasteiger partial charge >= 0.3 is 0 Å². The minimum absolute atomic E-state index is 0.101. The van der Waals surface area contributed by atoms with E-state index in [1.165, 1.54) is 0 Å². The van der Waals surface area contributed by atoms with E-state index in [2.05, 4.69) is 11.4 Å². The van der Waals surface area contributed by atoms with E-state index in [1.807, 2.05) is 73.3 Å². The van der Waals surface area contributed by atoms with Crippen molar-refractivity contribution in [1.82, 2.24) is 0 Å². The van der Waals surface area contributed by atoms with Gasteiger partial charge in [-0.05, 0) is 66.9 Å². The number of carbonyl (C=O) groups is 2. The van der Waals surface area contributed by atoms with Crippen molar-refractivity contribution in [3.63, 3.8) is 0 Å². The molecule has 3 aromatic carbocycles. The van der Waals surface area contributed by atoms with Gasteiger partial charge in [0.2, 0.25) is 5.91 Å². The van der Waals surface area contributed by atoms with Gasteiger partial charge in [-0.25, -0.2) is 0 Å². The SMILES string of the molecule is Cc1cc(C)cc(N2C(=O)CS[C@H]2c2cccc(NC(=O)c3ccccc3)c2)c1. The molecule has 0 radical (unpaired) electrons. The Morgan fingerprint density at radius 3 is 2.41 bits per heavy atom. The molecule has 0 unspecified atom stereocenters. The van der Waals surface area contributed by atoms with Gasteiger partial charge in [-0.3, -0.25) is 14.5 Å². The number of benzene rings is 3. The summed E-state index contributed by atoms with van der Waals surface area (Å²) in [5.41, 5.74) is 5.50. The molecule has 1 aliphatic rings. The number of hydrogen-bond acceptors (Lipinski definition) is 3. The van der Waals surface area contributed by atoms with Crippen molar-refractivity contribution in [2.45, 2.75) is 19.2 Å². The van der Waals surface area contributed by atoms with Gasteiger partial charge in [-0.15, -0.1) is 11.8 Å². The summed E-state index contributed by atoms with van der Waals surface area (Å²) in [5.74, 6) is 0.394. The minimum atomic E-state index is -0.149. The Bertz CT molecular complexity index is 1050. The second-order valence-corrected chi connectivity index (χ2v) is 8.29. The molecule has 146 valence electrons. The highest BCUT2D eigenvalue weighted by atomic mass is 32.2. The van der Waals surface area contributed by atoms with Crippen molar-refractivity contribution in [1.29, 1.82) is 0 Å². The van der Waals surface area contributed by atoms with E-state index in [9.17, 15) is 9.59 Å². The number of amides is 2. The summed E-state index contributed by atoms with van der Waals surface area (Å²) in [5, 5.41) is 2.84. The van der Waals surface area contributed by atoms with Gasteiger partial charge in [0, 0.05) is 16.9 Å². The van der Waals surface area contributed by atoms with E-state index < -0.39 is 0 Å². The topological polar surface area (TPSA) is 49.4 Å². The molecule has 1 heterocycles. The Labute approximate surface area is 174 Å². The van der Waals surface area contributed by atoms with Gasteiger partial charge in [0.25, 0.3) is 5.91 Å². The van der Waals surface area contributed by atoms with Crippen molar-refractivity contribution in [2.24, 2.45) is 0 Å². The van der Waals surface area contributed by atoms with Gasteiger partial charge in [0.15, 0.2) is 0 Å². The van der Waals surface area contributed by atoms with Crippen LogP contribution in [0.25, 0.3) is 0 Å². The molecule has 1 atom stereocenters. The minimum Gasteiger partial charge on any atom is -0.322 e. The third-order valence-electron chi connectivity index (χ3n) is 4.82. The Balaban J connectivity index is 1.61. The molecule has 0 aromatic heterocycles. The molecule has 4 nitrogen and oxygen atoms in total. The zero-order valence-electron chi connectivity index (χ0n) is 16.4. The predicted molar refractivity (Wildman–Crippen MR) is 119 cm³/mol. The van der Waals surface area contributed by atoms with Gasteiger partial charge < -0.3 is 5.32 Å². The summed E-state index contributed by atoms with van der Waals surface area (Å²) < 4.78 is 0. The lowest BCUT2D eigenvalue weighted by Crippen LogP contribution is -2.28. The summed E-state index contributed by atoms with van der Waals surface area (Å²) in [6.45, 7) is 4.08. The van der Waals surface area contributed by atoms with E-state index in [1.54, 1.807) is 23.9 Å². The van der Waals surface area contributed by atoms with Crippen molar-refractivity contribution in [2.75, 3.05) is 16.0 Å². The number of thioether (sulfide) groups is 1. The molecule has 29 heavy (non-hydrogen) atoms. The molecule has 1 aliphatic heterocycles. The van der Waals surface area contributed by atoms with Crippen molar-refractivity contribution in [3.8, 4) is 0 Å². The number of anilines is 2. The Morgan fingerprint density at radius 2 is 1.69 bits per heavy atom. The zero-order chi connectivity index (χ0) is 20.4. The summed E-state index contributed by atoms with van der Waals surface area (Å²) in [6, 6.07) is 23.1. The maximum atomic E-state index is 12.7. The molecule has 0 bridgehead atoms. The third-order valence-corrected chi connectivity index (χ3v) is 6.03. The van der Waals surface area contributed by atoms with Crippen LogP contribution in [0, 0.1) is 13.8 Å². The Hall–Kier alpha value is -3.05. The second kappa shape index (κ2) is 8.13. The van der Waals surface area contributed by atoms with Crippen LogP contribution in [-0.4, -0.2) is 17.6 Å². The molecule has 1 fully saturated rings. The highest BCUT2D eigenvalue weighted by molar-refractivity contribution is 8.00. The molecule has 0 saturated carbocycles. The van der Waals surface area contributed by atoms with Crippen LogP contribution in [-0.2, 0) is 4.79 Å². The first-order valence-corrected chi connectivity index (χ1v) is 10.5. The maximum Gasteiger partial charge on any atom is 0.255 e. The Morgan fingerprint density at radius 1 is 0.966 bits per heavy atom. The van der Waals surface area contributed by atoms with Crippen LogP contribution in [0.3, 0.4) is 0 Å². The fraction of sp³-hybridized carbons (Fsp3) is 0.167. The van der Waals surface area contributed by atoms with Crippen LogP contribution in [0.2, 0.25) is 0 Å². The number of hydrogen-bond donors (Lipinski definition) is 1. The van der Waals surface area contributed by atoms with E-state index in [0.29, 0.717) is 11.3 Å². The standard InChI is InChI=1S/C24H22N2O2S/c1-16-11-17(2)13-21(12-16)26-22(27)15-29-24(26)19-9-6-10-20(14-19)25-23(28)18-7-4-3-5-8-18/h3-14,24H,15H2,1-2H3,(H,25,28)/t24-/m0/s1. The zero-order valence-corrected chi connectivity index (χ0v) is 17.2. The average Bonchev–Trinajstić information content (AvgIpc) is 3.09. The molecular weight excluding hydrogens is 380 g/mol. The first kappa shape index (κ1) is 19.3. The predicted octanol–water partition coefficient (Wildman–Crippen LogP) is 5.33. The first-order chi connectivity index (χ1) is 14.0. The lowest BCUT2D eigenvalue weighted by Gasteiger charge is -2.25. The number of carbonyl (C=O) groups excluding carboxylic acids is 2. The monoisotopic (exact) mass is 402 g/mol. The van der Waals surface area contributed by atoms with Gasteiger partial charge in [-0.1, -0.05) is 36.4 Å². The molecule has 0 spiro atoms. The quantitative estimate of drug-likeness (QED) is 0.641. The Kier molecular flexibility index (Phi) is 5.41. The third kappa shape index (κ3) is 4.20. The maximum absolute atomic E-state index is 12.7. The summed E-state index contributed by atoms with van der Waals surface area (Å²) in [7, 11) is 0. The van der Waals surface area contributed by atoms with E-state index >= 15 is 0 Å². The smallest absolute Gasteiger partial charge is 0.255 e.